The zero-order chi connectivity index (χ0) is 50.6. The van der Waals surface area contributed by atoms with Crippen molar-refractivity contribution in [1.29, 1.82) is 0 Å². The maximum absolute atomic E-state index is 5.42. The smallest absolute Gasteiger partial charge is 0.0979 e. The van der Waals surface area contributed by atoms with Gasteiger partial charge in [-0.25, -0.2) is 4.98 Å². The van der Waals surface area contributed by atoms with Gasteiger partial charge in [0.15, 0.2) is 0 Å². The molecule has 356 valence electrons. The third-order valence-electron chi connectivity index (χ3n) is 16.3. The average Bonchev–Trinajstić information content (AvgIpc) is 3.94. The molecule has 0 aliphatic rings. The monoisotopic (exact) mass is 975 g/mol. The van der Waals surface area contributed by atoms with E-state index in [4.69, 9.17) is 9.97 Å². The van der Waals surface area contributed by atoms with Gasteiger partial charge in [-0.1, -0.05) is 243 Å². The van der Waals surface area contributed by atoms with Crippen LogP contribution in [0.5, 0.6) is 0 Å². The van der Waals surface area contributed by atoms with E-state index < -0.39 is 0 Å². The molecule has 0 spiro atoms. The Kier molecular flexibility index (Phi) is 9.64. The number of fused-ring (bicyclic) bond motifs is 13. The minimum Gasteiger partial charge on any atom is -0.309 e. The van der Waals surface area contributed by atoms with Crippen LogP contribution >= 0.6 is 0 Å². The van der Waals surface area contributed by atoms with E-state index >= 15 is 0 Å². The van der Waals surface area contributed by atoms with Crippen LogP contribution in [0.1, 0.15) is 0 Å². The summed E-state index contributed by atoms with van der Waals surface area (Å²) in [6.45, 7) is 0. The summed E-state index contributed by atoms with van der Waals surface area (Å²) in [5.41, 5.74) is 17.0. The van der Waals surface area contributed by atoms with Crippen molar-refractivity contribution in [2.45, 2.75) is 0 Å². The molecule has 0 aliphatic heterocycles. The van der Waals surface area contributed by atoms with Crippen LogP contribution in [0, 0.1) is 0 Å². The van der Waals surface area contributed by atoms with Crippen LogP contribution in [-0.4, -0.2) is 14.5 Å². The van der Waals surface area contributed by atoms with E-state index in [1.165, 1.54) is 115 Å². The lowest BCUT2D eigenvalue weighted by Gasteiger charge is -2.17. The topological polar surface area (TPSA) is 30.7 Å². The molecular weight excluding hydrogens is 931 g/mol. The van der Waals surface area contributed by atoms with Crippen LogP contribution in [-0.2, 0) is 0 Å². The highest BCUT2D eigenvalue weighted by Crippen LogP contribution is 2.45. The van der Waals surface area contributed by atoms with Crippen LogP contribution in [0.3, 0.4) is 0 Å². The largest absolute Gasteiger partial charge is 0.309 e. The molecule has 2 heterocycles. The van der Waals surface area contributed by atoms with E-state index in [2.05, 4.69) is 271 Å². The zero-order valence-electron chi connectivity index (χ0n) is 41.8. The summed E-state index contributed by atoms with van der Waals surface area (Å²) in [7, 11) is 0. The Bertz CT molecular complexity index is 5070. The molecule has 16 rings (SSSR count). The highest BCUT2D eigenvalue weighted by atomic mass is 15.0. The first kappa shape index (κ1) is 43.2. The molecule has 2 aromatic heterocycles. The summed E-state index contributed by atoms with van der Waals surface area (Å²) >= 11 is 0. The van der Waals surface area contributed by atoms with Gasteiger partial charge >= 0.3 is 0 Å². The van der Waals surface area contributed by atoms with E-state index in [1.807, 2.05) is 6.20 Å². The first-order valence-electron chi connectivity index (χ1n) is 26.5. The molecule has 16 aromatic rings. The number of nitrogens with zero attached hydrogens (tertiary/aromatic N) is 3. The fourth-order valence-electron chi connectivity index (χ4n) is 12.9. The number of rotatable bonds is 6. The van der Waals surface area contributed by atoms with E-state index in [-0.39, 0.29) is 0 Å². The average molecular weight is 976 g/mol. The van der Waals surface area contributed by atoms with Crippen molar-refractivity contribution in [2.24, 2.45) is 0 Å². The second kappa shape index (κ2) is 17.2. The molecule has 14 aromatic carbocycles. The van der Waals surface area contributed by atoms with E-state index in [0.717, 1.165) is 44.1 Å². The molecule has 0 fully saturated rings. The standard InChI is InChI=1S/C74H45N3/c1-2-18-47(19-3-1)77-71-41-9-8-22-66(71)67-43-42-46(44-72(67)77)48-25-10-27-50-49(48)26-11-28-51(50)52-29-12-31-54-53(52)30-13-32-55(54)56-33-14-35-58-57(56)34-15-36-59(58)60-37-16-39-62-61(60)38-17-40-65(62)70-45-75-73-68-23-6-4-20-63(68)64-21-5-7-24-69(64)74(73)76-70/h1-45H. The van der Waals surface area contributed by atoms with Crippen LogP contribution in [0.2, 0.25) is 0 Å². The fourth-order valence-corrected chi connectivity index (χ4v) is 12.9. The van der Waals surface area contributed by atoms with Gasteiger partial charge in [0.2, 0.25) is 0 Å². The quantitative estimate of drug-likeness (QED) is 0.155. The molecule has 0 saturated heterocycles. The van der Waals surface area contributed by atoms with Gasteiger partial charge in [-0.3, -0.25) is 4.98 Å². The summed E-state index contributed by atoms with van der Waals surface area (Å²) in [5.74, 6) is 0. The van der Waals surface area contributed by atoms with Crippen LogP contribution < -0.4 is 0 Å². The molecule has 0 radical (unpaired) electrons. The first-order valence-corrected chi connectivity index (χ1v) is 26.5. The van der Waals surface area contributed by atoms with Crippen molar-refractivity contribution < 1.29 is 0 Å². The van der Waals surface area contributed by atoms with Crippen LogP contribution in [0.4, 0.5) is 0 Å². The van der Waals surface area contributed by atoms with Crippen molar-refractivity contribution in [3.05, 3.63) is 273 Å². The molecule has 0 atom stereocenters. The van der Waals surface area contributed by atoms with Gasteiger partial charge in [0.25, 0.3) is 0 Å². The Labute approximate surface area is 444 Å². The maximum atomic E-state index is 5.42. The number of hydrogen-bond donors (Lipinski definition) is 0. The van der Waals surface area contributed by atoms with E-state index in [0.29, 0.717) is 0 Å². The third kappa shape index (κ3) is 6.64. The van der Waals surface area contributed by atoms with Crippen molar-refractivity contribution in [3.8, 4) is 61.5 Å². The minimum atomic E-state index is 0.862. The van der Waals surface area contributed by atoms with Crippen molar-refractivity contribution in [2.75, 3.05) is 0 Å². The second-order valence-electron chi connectivity index (χ2n) is 20.3. The van der Waals surface area contributed by atoms with Crippen molar-refractivity contribution >= 4 is 97.5 Å². The van der Waals surface area contributed by atoms with Gasteiger partial charge in [0.05, 0.1) is 34.0 Å². The van der Waals surface area contributed by atoms with Gasteiger partial charge in [-0.05, 0) is 123 Å². The minimum absolute atomic E-state index is 0.862. The third-order valence-corrected chi connectivity index (χ3v) is 16.3. The predicted molar refractivity (Wildman–Crippen MR) is 326 cm³/mol. The van der Waals surface area contributed by atoms with Gasteiger partial charge in [0.1, 0.15) is 0 Å². The number of aromatic nitrogens is 3. The Morgan fingerprint density at radius 2 is 0.597 bits per heavy atom. The second-order valence-corrected chi connectivity index (χ2v) is 20.3. The van der Waals surface area contributed by atoms with E-state index in [1.54, 1.807) is 0 Å². The van der Waals surface area contributed by atoms with Crippen LogP contribution in [0.15, 0.2) is 273 Å². The predicted octanol–water partition coefficient (Wildman–Crippen LogP) is 20.0. The molecule has 77 heavy (non-hydrogen) atoms. The molecule has 0 aliphatic carbocycles. The number of para-hydroxylation sites is 2. The van der Waals surface area contributed by atoms with Gasteiger partial charge in [-0.15, -0.1) is 0 Å². The van der Waals surface area contributed by atoms with Gasteiger partial charge in [-0.2, -0.15) is 0 Å². The summed E-state index contributed by atoms with van der Waals surface area (Å²) in [5, 5.41) is 16.8. The number of hydrogen-bond acceptors (Lipinski definition) is 2. The highest BCUT2D eigenvalue weighted by molar-refractivity contribution is 6.24. The molecule has 0 unspecified atom stereocenters. The van der Waals surface area contributed by atoms with Gasteiger partial charge < -0.3 is 4.57 Å². The number of benzene rings is 14. The van der Waals surface area contributed by atoms with Crippen molar-refractivity contribution in [1.82, 2.24) is 14.5 Å². The summed E-state index contributed by atoms with van der Waals surface area (Å²) < 4.78 is 2.40. The highest BCUT2D eigenvalue weighted by Gasteiger charge is 2.19. The Morgan fingerprint density at radius 3 is 1.10 bits per heavy atom. The zero-order valence-corrected chi connectivity index (χ0v) is 41.8. The molecular formula is C74H45N3. The van der Waals surface area contributed by atoms with Crippen molar-refractivity contribution in [3.63, 3.8) is 0 Å². The molecule has 0 N–H and O–H groups in total. The maximum Gasteiger partial charge on any atom is 0.0979 e. The molecule has 0 saturated carbocycles. The Morgan fingerprint density at radius 1 is 0.234 bits per heavy atom. The summed E-state index contributed by atoms with van der Waals surface area (Å²) in [6, 6.07) is 97.6. The normalized spacial score (nSPS) is 11.9. The Balaban J connectivity index is 0.805. The Hall–Kier alpha value is -10.2. The molecule has 0 bridgehead atoms. The molecule has 3 heteroatoms. The van der Waals surface area contributed by atoms with E-state index in [9.17, 15) is 0 Å². The lowest BCUT2D eigenvalue weighted by atomic mass is 9.87. The lowest BCUT2D eigenvalue weighted by Crippen LogP contribution is -1.93. The fraction of sp³-hybridized carbons (Fsp3) is 0. The van der Waals surface area contributed by atoms with Gasteiger partial charge in [0, 0.05) is 32.8 Å². The lowest BCUT2D eigenvalue weighted by molar-refractivity contribution is 1.18. The summed E-state index contributed by atoms with van der Waals surface area (Å²) in [4.78, 5) is 10.6. The van der Waals surface area contributed by atoms with Crippen LogP contribution in [0.25, 0.3) is 159 Å². The molecule has 0 amide bonds. The SMILES string of the molecule is c1ccc(-n2c3ccccc3c3ccc(-c4cccc5c(-c6cccc7c(-c8cccc9c(-c%10cccc%11c(-c%12cnc%13c%14ccccc%14c%14ccccc%14c%13n%12)cccc%10%11)cccc89)cccc67)cccc45)cc32)cc1. The molecule has 3 nitrogen and oxygen atoms in total. The summed E-state index contributed by atoms with van der Waals surface area (Å²) in [6.07, 6.45) is 1.95. The first-order chi connectivity index (χ1) is 38.2.